The third-order valence-corrected chi connectivity index (χ3v) is 6.52. The molecule has 0 aliphatic carbocycles. The van der Waals surface area contributed by atoms with E-state index in [4.69, 9.17) is 11.6 Å². The van der Waals surface area contributed by atoms with Crippen LogP contribution in [0, 0.1) is 0 Å². The third-order valence-electron chi connectivity index (χ3n) is 4.92. The number of thioether (sulfide) groups is 1. The van der Waals surface area contributed by atoms with E-state index in [1.165, 1.54) is 11.8 Å². The first-order valence-corrected chi connectivity index (χ1v) is 10.6. The van der Waals surface area contributed by atoms with E-state index < -0.39 is 0 Å². The second-order valence-electron chi connectivity index (χ2n) is 6.79. The standard InChI is InChI=1S/C21H21ClN4OS/c1-25-19(16-11-5-6-12-17(16)22)23-24-21(25)28-18(15-9-3-2-4-10-15)20(27)26-13-7-8-14-26/h2-6,9-12,18H,7-8,13-14H2,1H3/t18-/m1/s1. The van der Waals surface area contributed by atoms with Gasteiger partial charge in [-0.15, -0.1) is 10.2 Å². The first-order valence-electron chi connectivity index (χ1n) is 9.30. The fourth-order valence-electron chi connectivity index (χ4n) is 3.39. The Morgan fingerprint density at radius 2 is 1.71 bits per heavy atom. The van der Waals surface area contributed by atoms with Crippen LogP contribution in [0.25, 0.3) is 11.4 Å². The zero-order chi connectivity index (χ0) is 19.5. The van der Waals surface area contributed by atoms with Crippen LogP contribution >= 0.6 is 23.4 Å². The van der Waals surface area contributed by atoms with E-state index in [2.05, 4.69) is 10.2 Å². The summed E-state index contributed by atoms with van der Waals surface area (Å²) in [6.07, 6.45) is 2.14. The van der Waals surface area contributed by atoms with E-state index >= 15 is 0 Å². The van der Waals surface area contributed by atoms with Crippen molar-refractivity contribution in [3.8, 4) is 11.4 Å². The van der Waals surface area contributed by atoms with Crippen molar-refractivity contribution in [3.63, 3.8) is 0 Å². The number of carbonyl (C=O) groups excluding carboxylic acids is 1. The molecule has 1 atom stereocenters. The fraction of sp³-hybridized carbons (Fsp3) is 0.286. The highest BCUT2D eigenvalue weighted by molar-refractivity contribution is 8.00. The Labute approximate surface area is 173 Å². The van der Waals surface area contributed by atoms with Gasteiger partial charge in [0.25, 0.3) is 0 Å². The summed E-state index contributed by atoms with van der Waals surface area (Å²) in [5.74, 6) is 0.824. The Morgan fingerprint density at radius 3 is 2.43 bits per heavy atom. The van der Waals surface area contributed by atoms with Crippen molar-refractivity contribution in [2.75, 3.05) is 13.1 Å². The molecule has 0 spiro atoms. The molecule has 144 valence electrons. The fourth-order valence-corrected chi connectivity index (χ4v) is 4.70. The van der Waals surface area contributed by atoms with Crippen molar-refractivity contribution < 1.29 is 4.79 Å². The molecule has 2 aromatic carbocycles. The highest BCUT2D eigenvalue weighted by Gasteiger charge is 2.30. The van der Waals surface area contributed by atoms with Crippen LogP contribution in [0.4, 0.5) is 0 Å². The summed E-state index contributed by atoms with van der Waals surface area (Å²) in [5, 5.41) is 9.66. The van der Waals surface area contributed by atoms with Crippen LogP contribution in [-0.4, -0.2) is 38.7 Å². The number of aromatic nitrogens is 3. The minimum atomic E-state index is -0.346. The molecule has 1 aromatic heterocycles. The van der Waals surface area contributed by atoms with Crippen molar-refractivity contribution >= 4 is 29.3 Å². The number of halogens is 1. The van der Waals surface area contributed by atoms with E-state index in [0.717, 1.165) is 37.1 Å². The highest BCUT2D eigenvalue weighted by Crippen LogP contribution is 2.38. The number of likely N-dealkylation sites (tertiary alicyclic amines) is 1. The Morgan fingerprint density at radius 1 is 1.04 bits per heavy atom. The molecule has 1 amide bonds. The van der Waals surface area contributed by atoms with Crippen LogP contribution in [-0.2, 0) is 11.8 Å². The van der Waals surface area contributed by atoms with Gasteiger partial charge < -0.3 is 9.47 Å². The molecular formula is C21H21ClN4OS. The normalized spacial score (nSPS) is 15.0. The first kappa shape index (κ1) is 19.0. The number of hydrogen-bond acceptors (Lipinski definition) is 4. The van der Waals surface area contributed by atoms with Gasteiger partial charge in [-0.05, 0) is 30.5 Å². The zero-order valence-electron chi connectivity index (χ0n) is 15.6. The summed E-state index contributed by atoms with van der Waals surface area (Å²) in [6, 6.07) is 17.5. The highest BCUT2D eigenvalue weighted by atomic mass is 35.5. The maximum absolute atomic E-state index is 13.2. The summed E-state index contributed by atoms with van der Waals surface area (Å²) < 4.78 is 1.90. The summed E-state index contributed by atoms with van der Waals surface area (Å²) in [7, 11) is 1.91. The maximum atomic E-state index is 13.2. The molecule has 0 N–H and O–H groups in total. The lowest BCUT2D eigenvalue weighted by Crippen LogP contribution is -2.31. The second kappa shape index (κ2) is 8.37. The predicted octanol–water partition coefficient (Wildman–Crippen LogP) is 4.59. The van der Waals surface area contributed by atoms with Gasteiger partial charge in [-0.3, -0.25) is 4.79 Å². The minimum Gasteiger partial charge on any atom is -0.341 e. The van der Waals surface area contributed by atoms with Gasteiger partial charge in [-0.25, -0.2) is 0 Å². The molecule has 0 unspecified atom stereocenters. The van der Waals surface area contributed by atoms with E-state index in [0.29, 0.717) is 16.0 Å². The maximum Gasteiger partial charge on any atom is 0.240 e. The topological polar surface area (TPSA) is 51.0 Å². The van der Waals surface area contributed by atoms with Gasteiger partial charge in [-0.2, -0.15) is 0 Å². The van der Waals surface area contributed by atoms with Crippen LogP contribution in [0.15, 0.2) is 59.8 Å². The SMILES string of the molecule is Cn1c(S[C@@H](C(=O)N2CCCC2)c2ccccc2)nnc1-c1ccccc1Cl. The third kappa shape index (κ3) is 3.80. The average Bonchev–Trinajstić information content (AvgIpc) is 3.37. The van der Waals surface area contributed by atoms with Crippen LogP contribution in [0.3, 0.4) is 0 Å². The molecule has 1 fully saturated rings. The Kier molecular flexibility index (Phi) is 5.69. The lowest BCUT2D eigenvalue weighted by atomic mass is 10.1. The first-order chi connectivity index (χ1) is 13.6. The molecule has 5 nitrogen and oxygen atoms in total. The van der Waals surface area contributed by atoms with E-state index in [1.54, 1.807) is 0 Å². The van der Waals surface area contributed by atoms with Crippen LogP contribution in [0.5, 0.6) is 0 Å². The zero-order valence-corrected chi connectivity index (χ0v) is 17.2. The quantitative estimate of drug-likeness (QED) is 0.575. The summed E-state index contributed by atoms with van der Waals surface area (Å²) in [6.45, 7) is 1.65. The van der Waals surface area contributed by atoms with Crippen LogP contribution in [0.2, 0.25) is 5.02 Å². The van der Waals surface area contributed by atoms with E-state index in [-0.39, 0.29) is 11.2 Å². The number of amides is 1. The number of carbonyl (C=O) groups is 1. The van der Waals surface area contributed by atoms with Crippen molar-refractivity contribution in [1.29, 1.82) is 0 Å². The predicted molar refractivity (Wildman–Crippen MR) is 112 cm³/mol. The molecule has 1 aliphatic rings. The second-order valence-corrected chi connectivity index (χ2v) is 8.27. The smallest absolute Gasteiger partial charge is 0.240 e. The Balaban J connectivity index is 1.66. The van der Waals surface area contributed by atoms with Crippen LogP contribution < -0.4 is 0 Å². The van der Waals surface area contributed by atoms with Crippen LogP contribution in [0.1, 0.15) is 23.7 Å². The van der Waals surface area contributed by atoms with Crippen molar-refractivity contribution in [1.82, 2.24) is 19.7 Å². The molecule has 1 aliphatic heterocycles. The number of rotatable bonds is 5. The molecule has 4 rings (SSSR count). The van der Waals surface area contributed by atoms with Gasteiger partial charge in [0.1, 0.15) is 5.25 Å². The molecule has 0 radical (unpaired) electrons. The van der Waals surface area contributed by atoms with Crippen molar-refractivity contribution in [2.45, 2.75) is 23.2 Å². The van der Waals surface area contributed by atoms with Crippen molar-refractivity contribution in [3.05, 3.63) is 65.2 Å². The number of hydrogen-bond donors (Lipinski definition) is 0. The van der Waals surface area contributed by atoms with Gasteiger partial charge in [0.05, 0.1) is 5.02 Å². The number of benzene rings is 2. The molecule has 1 saturated heterocycles. The summed E-state index contributed by atoms with van der Waals surface area (Å²) in [4.78, 5) is 15.2. The molecule has 0 saturated carbocycles. The largest absolute Gasteiger partial charge is 0.341 e. The van der Waals surface area contributed by atoms with E-state index in [9.17, 15) is 4.79 Å². The molecule has 28 heavy (non-hydrogen) atoms. The molecule has 0 bridgehead atoms. The Bertz CT molecular complexity index is 970. The summed E-state index contributed by atoms with van der Waals surface area (Å²) in [5.41, 5.74) is 1.81. The molecule has 7 heteroatoms. The summed E-state index contributed by atoms with van der Waals surface area (Å²) >= 11 is 7.77. The van der Waals surface area contributed by atoms with Crippen molar-refractivity contribution in [2.24, 2.45) is 7.05 Å². The lowest BCUT2D eigenvalue weighted by Gasteiger charge is -2.22. The van der Waals surface area contributed by atoms with Gasteiger partial charge in [0, 0.05) is 25.7 Å². The molecular weight excluding hydrogens is 392 g/mol. The minimum absolute atomic E-state index is 0.135. The Hall–Kier alpha value is -2.31. The molecule has 3 aromatic rings. The molecule has 2 heterocycles. The van der Waals surface area contributed by atoms with Gasteiger partial charge in [-0.1, -0.05) is 65.8 Å². The van der Waals surface area contributed by atoms with Gasteiger partial charge >= 0.3 is 0 Å². The lowest BCUT2D eigenvalue weighted by molar-refractivity contribution is -0.129. The monoisotopic (exact) mass is 412 g/mol. The van der Waals surface area contributed by atoms with Gasteiger partial charge in [0.2, 0.25) is 5.91 Å². The van der Waals surface area contributed by atoms with Gasteiger partial charge in [0.15, 0.2) is 11.0 Å². The number of nitrogens with zero attached hydrogens (tertiary/aromatic N) is 4. The average molecular weight is 413 g/mol. The van der Waals surface area contributed by atoms with E-state index in [1.807, 2.05) is 71.1 Å².